The lowest BCUT2D eigenvalue weighted by Gasteiger charge is -2.55. The van der Waals surface area contributed by atoms with Gasteiger partial charge in [0.1, 0.15) is 0 Å². The van der Waals surface area contributed by atoms with Gasteiger partial charge in [-0.25, -0.2) is 0 Å². The van der Waals surface area contributed by atoms with Crippen molar-refractivity contribution >= 4 is 0 Å². The molecule has 1 saturated carbocycles. The van der Waals surface area contributed by atoms with Crippen LogP contribution in [0.4, 0.5) is 0 Å². The van der Waals surface area contributed by atoms with Gasteiger partial charge in [0.2, 0.25) is 0 Å². The molecule has 1 heterocycles. The lowest BCUT2D eigenvalue weighted by Crippen LogP contribution is -2.46. The third-order valence-corrected chi connectivity index (χ3v) is 3.26. The summed E-state index contributed by atoms with van der Waals surface area (Å²) in [6.45, 7) is 6.79. The van der Waals surface area contributed by atoms with Crippen LogP contribution in [-0.4, -0.2) is 13.2 Å². The van der Waals surface area contributed by atoms with Crippen molar-refractivity contribution in [2.24, 2.45) is 10.8 Å². The van der Waals surface area contributed by atoms with E-state index in [1.165, 1.54) is 25.7 Å². The zero-order valence-corrected chi connectivity index (χ0v) is 7.65. The second kappa shape index (κ2) is 2.22. The summed E-state index contributed by atoms with van der Waals surface area (Å²) in [6.07, 6.45) is 5.50. The SMILES string of the molecule is CC1(C)CC2(CCOCC2)C1. The van der Waals surface area contributed by atoms with E-state index in [1.54, 1.807) is 0 Å². The van der Waals surface area contributed by atoms with E-state index < -0.39 is 0 Å². The van der Waals surface area contributed by atoms with Gasteiger partial charge in [0.15, 0.2) is 0 Å². The summed E-state index contributed by atoms with van der Waals surface area (Å²) in [5.41, 5.74) is 1.35. The predicted octanol–water partition coefficient (Wildman–Crippen LogP) is 2.60. The molecule has 0 aromatic rings. The molecule has 1 heteroatoms. The normalized spacial score (nSPS) is 33.3. The molecule has 2 aliphatic rings. The molecular formula is C10H18O. The summed E-state index contributed by atoms with van der Waals surface area (Å²) in [4.78, 5) is 0. The van der Waals surface area contributed by atoms with Gasteiger partial charge in [-0.1, -0.05) is 13.8 Å². The Balaban J connectivity index is 1.94. The Morgan fingerprint density at radius 2 is 1.55 bits per heavy atom. The summed E-state index contributed by atoms with van der Waals surface area (Å²) in [5.74, 6) is 0. The summed E-state index contributed by atoms with van der Waals surface area (Å²) >= 11 is 0. The number of ether oxygens (including phenoxy) is 1. The van der Waals surface area contributed by atoms with Crippen LogP contribution in [0.3, 0.4) is 0 Å². The van der Waals surface area contributed by atoms with Gasteiger partial charge in [0, 0.05) is 13.2 Å². The maximum Gasteiger partial charge on any atom is 0.0471 e. The highest BCUT2D eigenvalue weighted by Gasteiger charge is 2.49. The van der Waals surface area contributed by atoms with Crippen molar-refractivity contribution in [2.45, 2.75) is 39.5 Å². The Bertz CT molecular complexity index is 144. The summed E-state index contributed by atoms with van der Waals surface area (Å²) in [6, 6.07) is 0. The molecule has 2 fully saturated rings. The molecule has 64 valence electrons. The van der Waals surface area contributed by atoms with Gasteiger partial charge < -0.3 is 4.74 Å². The molecule has 0 amide bonds. The largest absolute Gasteiger partial charge is 0.381 e. The van der Waals surface area contributed by atoms with Crippen molar-refractivity contribution in [1.82, 2.24) is 0 Å². The Hall–Kier alpha value is -0.0400. The summed E-state index contributed by atoms with van der Waals surface area (Å²) in [5, 5.41) is 0. The lowest BCUT2D eigenvalue weighted by atomic mass is 9.52. The molecule has 0 aromatic carbocycles. The average molecular weight is 154 g/mol. The maximum absolute atomic E-state index is 5.37. The van der Waals surface area contributed by atoms with Gasteiger partial charge in [-0.3, -0.25) is 0 Å². The first-order chi connectivity index (χ1) is 5.12. The zero-order chi connectivity index (χ0) is 7.95. The fraction of sp³-hybridized carbons (Fsp3) is 1.00. The van der Waals surface area contributed by atoms with Gasteiger partial charge in [-0.05, 0) is 36.5 Å². The number of hydrogen-bond donors (Lipinski definition) is 0. The van der Waals surface area contributed by atoms with Crippen LogP contribution in [0.15, 0.2) is 0 Å². The Labute approximate surface area is 69.1 Å². The molecule has 0 N–H and O–H groups in total. The molecule has 0 unspecified atom stereocenters. The predicted molar refractivity (Wildman–Crippen MR) is 45.5 cm³/mol. The first-order valence-electron chi connectivity index (χ1n) is 4.70. The molecule has 1 aliphatic carbocycles. The van der Waals surface area contributed by atoms with Gasteiger partial charge in [-0.15, -0.1) is 0 Å². The second-order valence-corrected chi connectivity index (χ2v) is 5.13. The molecule has 0 radical (unpaired) electrons. The van der Waals surface area contributed by atoms with Gasteiger partial charge in [0.25, 0.3) is 0 Å². The minimum absolute atomic E-state index is 0.636. The maximum atomic E-state index is 5.37. The van der Waals surface area contributed by atoms with Crippen molar-refractivity contribution in [3.8, 4) is 0 Å². The van der Waals surface area contributed by atoms with Crippen LogP contribution in [0.1, 0.15) is 39.5 Å². The third kappa shape index (κ3) is 1.31. The van der Waals surface area contributed by atoms with Crippen molar-refractivity contribution in [3.63, 3.8) is 0 Å². The molecular weight excluding hydrogens is 136 g/mol. The fourth-order valence-electron chi connectivity index (χ4n) is 3.14. The minimum Gasteiger partial charge on any atom is -0.381 e. The molecule has 1 nitrogen and oxygen atoms in total. The van der Waals surface area contributed by atoms with Crippen molar-refractivity contribution in [3.05, 3.63) is 0 Å². The van der Waals surface area contributed by atoms with E-state index in [1.807, 2.05) is 0 Å². The van der Waals surface area contributed by atoms with Crippen LogP contribution >= 0.6 is 0 Å². The average Bonchev–Trinajstić information content (AvgIpc) is 1.85. The molecule has 0 atom stereocenters. The van der Waals surface area contributed by atoms with E-state index in [4.69, 9.17) is 4.74 Å². The van der Waals surface area contributed by atoms with E-state index in [-0.39, 0.29) is 0 Å². The van der Waals surface area contributed by atoms with E-state index in [0.29, 0.717) is 10.8 Å². The first-order valence-corrected chi connectivity index (χ1v) is 4.70. The van der Waals surface area contributed by atoms with E-state index >= 15 is 0 Å². The highest BCUT2D eigenvalue weighted by Crippen LogP contribution is 2.58. The molecule has 11 heavy (non-hydrogen) atoms. The monoisotopic (exact) mass is 154 g/mol. The fourth-order valence-corrected chi connectivity index (χ4v) is 3.14. The van der Waals surface area contributed by atoms with Crippen LogP contribution < -0.4 is 0 Å². The van der Waals surface area contributed by atoms with Crippen LogP contribution in [0.2, 0.25) is 0 Å². The Morgan fingerprint density at radius 3 is 2.00 bits per heavy atom. The standard InChI is InChI=1S/C10H18O/c1-9(2)7-10(8-9)3-5-11-6-4-10/h3-8H2,1-2H3. The van der Waals surface area contributed by atoms with E-state index in [9.17, 15) is 0 Å². The van der Waals surface area contributed by atoms with Crippen molar-refractivity contribution in [1.29, 1.82) is 0 Å². The first kappa shape index (κ1) is 7.60. The lowest BCUT2D eigenvalue weighted by molar-refractivity contribution is -0.0927. The van der Waals surface area contributed by atoms with Gasteiger partial charge in [0.05, 0.1) is 0 Å². The van der Waals surface area contributed by atoms with Crippen LogP contribution in [0.25, 0.3) is 0 Å². The molecule has 1 spiro atoms. The second-order valence-electron chi connectivity index (χ2n) is 5.13. The Morgan fingerprint density at radius 1 is 1.00 bits per heavy atom. The molecule has 1 aliphatic heterocycles. The summed E-state index contributed by atoms with van der Waals surface area (Å²) in [7, 11) is 0. The smallest absolute Gasteiger partial charge is 0.0471 e. The zero-order valence-electron chi connectivity index (χ0n) is 7.65. The van der Waals surface area contributed by atoms with Crippen molar-refractivity contribution in [2.75, 3.05) is 13.2 Å². The van der Waals surface area contributed by atoms with Crippen molar-refractivity contribution < 1.29 is 4.74 Å². The van der Waals surface area contributed by atoms with Gasteiger partial charge in [-0.2, -0.15) is 0 Å². The molecule has 0 aromatic heterocycles. The van der Waals surface area contributed by atoms with Crippen LogP contribution in [0, 0.1) is 10.8 Å². The van der Waals surface area contributed by atoms with Crippen LogP contribution in [0.5, 0.6) is 0 Å². The number of hydrogen-bond acceptors (Lipinski definition) is 1. The van der Waals surface area contributed by atoms with E-state index in [2.05, 4.69) is 13.8 Å². The Kier molecular flexibility index (Phi) is 1.54. The van der Waals surface area contributed by atoms with Gasteiger partial charge >= 0.3 is 0 Å². The van der Waals surface area contributed by atoms with E-state index in [0.717, 1.165) is 13.2 Å². The highest BCUT2D eigenvalue weighted by molar-refractivity contribution is 4.99. The van der Waals surface area contributed by atoms with Crippen LogP contribution in [-0.2, 0) is 4.74 Å². The molecule has 0 bridgehead atoms. The topological polar surface area (TPSA) is 9.23 Å². The highest BCUT2D eigenvalue weighted by atomic mass is 16.5. The summed E-state index contributed by atoms with van der Waals surface area (Å²) < 4.78 is 5.37. The third-order valence-electron chi connectivity index (χ3n) is 3.26. The molecule has 2 rings (SSSR count). The minimum atomic E-state index is 0.636. The number of rotatable bonds is 0. The molecule has 1 saturated heterocycles. The quantitative estimate of drug-likeness (QED) is 0.521.